The molecule has 15 heavy (non-hydrogen) atoms. The maximum atomic E-state index is 10.7. The van der Waals surface area contributed by atoms with Gasteiger partial charge in [0.1, 0.15) is 6.54 Å². The van der Waals surface area contributed by atoms with Crippen LogP contribution in [0.3, 0.4) is 0 Å². The molecule has 84 valence electrons. The van der Waals surface area contributed by atoms with Gasteiger partial charge in [0.25, 0.3) is 0 Å². The van der Waals surface area contributed by atoms with Crippen LogP contribution in [0, 0.1) is 11.5 Å². The first-order valence-electron chi connectivity index (χ1n) is 4.38. The van der Waals surface area contributed by atoms with Gasteiger partial charge in [-0.25, -0.2) is 4.48 Å². The fraction of sp³-hybridized carbons (Fsp3) is 0.667. The summed E-state index contributed by atoms with van der Waals surface area (Å²) < 4.78 is 4.68. The van der Waals surface area contributed by atoms with Gasteiger partial charge in [-0.15, -0.1) is 5.26 Å². The van der Waals surface area contributed by atoms with Crippen molar-refractivity contribution < 1.29 is 23.9 Å². The summed E-state index contributed by atoms with van der Waals surface area (Å²) in [7, 11) is 3.18. The van der Waals surface area contributed by atoms with E-state index in [1.54, 1.807) is 14.1 Å². The van der Waals surface area contributed by atoms with Crippen LogP contribution in [0.5, 0.6) is 0 Å². The number of nitrogens with zero attached hydrogens (tertiary/aromatic N) is 2. The van der Waals surface area contributed by atoms with Crippen LogP contribution >= 0.6 is 0 Å². The van der Waals surface area contributed by atoms with Crippen molar-refractivity contribution in [3.05, 3.63) is 0 Å². The summed E-state index contributed by atoms with van der Waals surface area (Å²) in [5.41, 5.74) is 0. The summed E-state index contributed by atoms with van der Waals surface area (Å²) in [5, 5.41) is 19.1. The molecule has 0 fully saturated rings. The summed E-state index contributed by atoms with van der Waals surface area (Å²) in [6.45, 7) is 1.30. The SMILES string of the molecule is CC(=O)OC(CC(=O)[O-])C[N+](C)(C)C#N. The number of likely N-dealkylation sites (N-methyl/N-ethyl adjacent to an activating group) is 1. The maximum Gasteiger partial charge on any atom is 0.308 e. The molecule has 0 N–H and O–H groups in total. The van der Waals surface area contributed by atoms with E-state index in [2.05, 4.69) is 0 Å². The lowest BCUT2D eigenvalue weighted by Crippen LogP contribution is -2.44. The van der Waals surface area contributed by atoms with Crippen molar-refractivity contribution >= 4 is 11.9 Å². The molecule has 0 spiro atoms. The quantitative estimate of drug-likeness (QED) is 0.319. The van der Waals surface area contributed by atoms with Crippen LogP contribution in [0.1, 0.15) is 13.3 Å². The molecule has 0 bridgehead atoms. The minimum absolute atomic E-state index is 0.0920. The van der Waals surface area contributed by atoms with E-state index in [4.69, 9.17) is 10.00 Å². The smallest absolute Gasteiger partial charge is 0.308 e. The Labute approximate surface area is 88.3 Å². The zero-order chi connectivity index (χ0) is 12.1. The lowest BCUT2D eigenvalue weighted by Gasteiger charge is -2.25. The van der Waals surface area contributed by atoms with Gasteiger partial charge >= 0.3 is 12.2 Å². The topological polar surface area (TPSA) is 90.2 Å². The molecule has 0 radical (unpaired) electrons. The fourth-order valence-electron chi connectivity index (χ4n) is 1.11. The van der Waals surface area contributed by atoms with Gasteiger partial charge in [-0.3, -0.25) is 4.79 Å². The number of rotatable bonds is 5. The second-order valence-electron chi connectivity index (χ2n) is 3.78. The minimum atomic E-state index is -1.31. The van der Waals surface area contributed by atoms with Crippen molar-refractivity contribution in [1.82, 2.24) is 0 Å². The highest BCUT2D eigenvalue weighted by Gasteiger charge is 2.24. The van der Waals surface area contributed by atoms with Gasteiger partial charge in [-0.1, -0.05) is 0 Å². The van der Waals surface area contributed by atoms with Crippen LogP contribution in [-0.2, 0) is 14.3 Å². The largest absolute Gasteiger partial charge is 0.550 e. The zero-order valence-electron chi connectivity index (χ0n) is 9.02. The van der Waals surface area contributed by atoms with Crippen molar-refractivity contribution in [2.24, 2.45) is 0 Å². The van der Waals surface area contributed by atoms with Crippen LogP contribution in [0.4, 0.5) is 0 Å². The van der Waals surface area contributed by atoms with E-state index in [1.807, 2.05) is 6.19 Å². The van der Waals surface area contributed by atoms with Crippen molar-refractivity contribution in [1.29, 1.82) is 5.26 Å². The van der Waals surface area contributed by atoms with Crippen molar-refractivity contribution in [3.63, 3.8) is 0 Å². The number of carboxylic acids is 1. The molecular weight excluding hydrogens is 200 g/mol. The molecule has 0 aliphatic heterocycles. The molecule has 1 unspecified atom stereocenters. The van der Waals surface area contributed by atoms with Crippen molar-refractivity contribution in [2.75, 3.05) is 20.6 Å². The molecule has 0 aliphatic carbocycles. The lowest BCUT2D eigenvalue weighted by atomic mass is 10.2. The first-order valence-corrected chi connectivity index (χ1v) is 4.38. The third-order valence-corrected chi connectivity index (χ3v) is 1.66. The monoisotopic (exact) mass is 214 g/mol. The van der Waals surface area contributed by atoms with E-state index in [1.165, 1.54) is 6.92 Å². The molecule has 1 atom stereocenters. The zero-order valence-corrected chi connectivity index (χ0v) is 9.02. The Bertz CT molecular complexity index is 277. The van der Waals surface area contributed by atoms with Crippen molar-refractivity contribution in [2.45, 2.75) is 19.4 Å². The molecule has 0 aromatic heterocycles. The van der Waals surface area contributed by atoms with Gasteiger partial charge in [0.05, 0.1) is 14.1 Å². The van der Waals surface area contributed by atoms with E-state index >= 15 is 0 Å². The molecule has 6 nitrogen and oxygen atoms in total. The predicted molar refractivity (Wildman–Crippen MR) is 47.8 cm³/mol. The summed E-state index contributed by atoms with van der Waals surface area (Å²) in [6.07, 6.45) is 0.720. The number of carboxylic acid groups (broad SMARTS) is 1. The Kier molecular flexibility index (Phi) is 4.74. The number of quaternary nitrogens is 1. The molecule has 0 amide bonds. The Morgan fingerprint density at radius 3 is 2.40 bits per heavy atom. The predicted octanol–water partition coefficient (Wildman–Crippen LogP) is -1.38. The number of esters is 1. The van der Waals surface area contributed by atoms with Gasteiger partial charge in [-0.05, 0) is 0 Å². The average molecular weight is 214 g/mol. The standard InChI is InChI=1S/C9H14N2O4/c1-7(12)15-8(4-9(13)14)5-11(2,3)6-10/h8H,4-5H2,1-3H3. The number of carbonyl (C=O) groups is 2. The number of hydrogen-bond acceptors (Lipinski definition) is 5. The second-order valence-corrected chi connectivity index (χ2v) is 3.78. The minimum Gasteiger partial charge on any atom is -0.550 e. The first kappa shape index (κ1) is 13.4. The summed E-state index contributed by atoms with van der Waals surface area (Å²) in [4.78, 5) is 21.1. The number of nitriles is 1. The van der Waals surface area contributed by atoms with Gasteiger partial charge < -0.3 is 14.6 Å². The first-order chi connectivity index (χ1) is 6.76. The molecule has 0 aromatic carbocycles. The normalized spacial score (nSPS) is 12.7. The summed E-state index contributed by atoms with van der Waals surface area (Å²) >= 11 is 0. The Balaban J connectivity index is 4.44. The molecule has 0 rings (SSSR count). The van der Waals surface area contributed by atoms with Crippen molar-refractivity contribution in [3.8, 4) is 6.19 Å². The second kappa shape index (κ2) is 5.32. The van der Waals surface area contributed by atoms with Gasteiger partial charge in [0, 0.05) is 19.3 Å². The van der Waals surface area contributed by atoms with E-state index in [9.17, 15) is 14.7 Å². The Hall–Kier alpha value is -1.61. The molecule has 0 saturated heterocycles. The fourth-order valence-corrected chi connectivity index (χ4v) is 1.11. The lowest BCUT2D eigenvalue weighted by molar-refractivity contribution is -0.828. The third-order valence-electron chi connectivity index (χ3n) is 1.66. The molecule has 0 aromatic rings. The van der Waals surface area contributed by atoms with E-state index in [-0.39, 0.29) is 11.0 Å². The number of ether oxygens (including phenoxy) is 1. The number of hydrogen-bond donors (Lipinski definition) is 0. The number of carbonyl (C=O) groups excluding carboxylic acids is 2. The van der Waals surface area contributed by atoms with Gasteiger partial charge in [0.15, 0.2) is 6.10 Å². The third kappa shape index (κ3) is 6.46. The van der Waals surface area contributed by atoms with Gasteiger partial charge in [-0.2, -0.15) is 0 Å². The molecule has 0 saturated carbocycles. The van der Waals surface area contributed by atoms with Crippen LogP contribution in [0.2, 0.25) is 0 Å². The van der Waals surface area contributed by atoms with Crippen LogP contribution < -0.4 is 5.11 Å². The Morgan fingerprint density at radius 1 is 1.53 bits per heavy atom. The van der Waals surface area contributed by atoms with Crippen LogP contribution in [0.15, 0.2) is 0 Å². The van der Waals surface area contributed by atoms with Gasteiger partial charge in [0.2, 0.25) is 0 Å². The maximum absolute atomic E-state index is 10.7. The van der Waals surface area contributed by atoms with E-state index < -0.39 is 24.5 Å². The Morgan fingerprint density at radius 2 is 2.07 bits per heavy atom. The highest BCUT2D eigenvalue weighted by molar-refractivity contribution is 5.68. The van der Waals surface area contributed by atoms with Crippen LogP contribution in [0.25, 0.3) is 0 Å². The molecule has 0 aliphatic rings. The van der Waals surface area contributed by atoms with E-state index in [0.29, 0.717) is 0 Å². The molecular formula is C9H14N2O4. The number of aliphatic carboxylic acids is 1. The average Bonchev–Trinajstić information content (AvgIpc) is 2.00. The van der Waals surface area contributed by atoms with E-state index in [0.717, 1.165) is 0 Å². The summed E-state index contributed by atoms with van der Waals surface area (Å²) in [5.74, 6) is -1.88. The van der Waals surface area contributed by atoms with Crippen LogP contribution in [-0.4, -0.2) is 43.2 Å². The molecule has 0 heterocycles. The summed E-state index contributed by atoms with van der Waals surface area (Å²) in [6, 6.07) is 0. The molecule has 6 heteroatoms. The highest BCUT2D eigenvalue weighted by Crippen LogP contribution is 2.05. The highest BCUT2D eigenvalue weighted by atomic mass is 16.5.